The molecule has 0 radical (unpaired) electrons. The summed E-state index contributed by atoms with van der Waals surface area (Å²) in [5.74, 6) is 0.330. The van der Waals surface area contributed by atoms with Crippen molar-refractivity contribution in [3.8, 4) is 0 Å². The number of aliphatic hydroxyl groups excluding tert-OH is 1. The number of carbonyl (C=O) groups is 1. The number of hydrogen-bond donors (Lipinski definition) is 3. The smallest absolute Gasteiger partial charge is 0.324 e. The number of nitrogens with one attached hydrogen (secondary N) is 2. The van der Waals surface area contributed by atoms with Crippen LogP contribution in [0.4, 0.5) is 16.3 Å². The van der Waals surface area contributed by atoms with Gasteiger partial charge in [-0.05, 0) is 30.3 Å². The molecule has 2 amide bonds. The van der Waals surface area contributed by atoms with Crippen molar-refractivity contribution in [1.29, 1.82) is 0 Å². The van der Waals surface area contributed by atoms with Crippen LogP contribution in [-0.4, -0.2) is 16.1 Å². The molecule has 0 aliphatic carbocycles. The fourth-order valence-electron chi connectivity index (χ4n) is 1.48. The van der Waals surface area contributed by atoms with Gasteiger partial charge in [-0.15, -0.1) is 0 Å². The van der Waals surface area contributed by atoms with Crippen molar-refractivity contribution in [2.75, 3.05) is 10.6 Å². The van der Waals surface area contributed by atoms with Gasteiger partial charge < -0.3 is 10.4 Å². The summed E-state index contributed by atoms with van der Waals surface area (Å²) < 4.78 is 0. The Balaban J connectivity index is 2.03. The average molecular weight is 278 g/mol. The molecule has 0 saturated heterocycles. The molecule has 19 heavy (non-hydrogen) atoms. The lowest BCUT2D eigenvalue weighted by Gasteiger charge is -2.09. The predicted octanol–water partition coefficient (Wildman–Crippen LogP) is 2.87. The molecule has 0 aliphatic heterocycles. The molecule has 2 aromatic rings. The highest BCUT2D eigenvalue weighted by Crippen LogP contribution is 2.15. The first-order valence-corrected chi connectivity index (χ1v) is 5.95. The van der Waals surface area contributed by atoms with E-state index in [2.05, 4.69) is 15.6 Å². The zero-order valence-corrected chi connectivity index (χ0v) is 10.7. The van der Waals surface area contributed by atoms with Gasteiger partial charge in [-0.3, -0.25) is 5.32 Å². The molecule has 0 saturated carbocycles. The standard InChI is InChI=1S/C13H12ClN3O2/c14-10-3-5-11(6-4-10)16-13(19)17-12-9(8-18)2-1-7-15-12/h1-7,18H,8H2,(H2,15,16,17,19). The van der Waals surface area contributed by atoms with Crippen molar-refractivity contribution < 1.29 is 9.90 Å². The fraction of sp³-hybridized carbons (Fsp3) is 0.0769. The van der Waals surface area contributed by atoms with Crippen LogP contribution in [0.1, 0.15) is 5.56 Å². The number of rotatable bonds is 3. The molecule has 0 fully saturated rings. The summed E-state index contributed by atoms with van der Waals surface area (Å²) in [5.41, 5.74) is 1.16. The van der Waals surface area contributed by atoms with Gasteiger partial charge in [0.2, 0.25) is 0 Å². The van der Waals surface area contributed by atoms with Crippen molar-refractivity contribution in [2.45, 2.75) is 6.61 Å². The van der Waals surface area contributed by atoms with Crippen LogP contribution in [-0.2, 0) is 6.61 Å². The number of anilines is 2. The molecule has 1 heterocycles. The van der Waals surface area contributed by atoms with Crippen molar-refractivity contribution in [1.82, 2.24) is 4.98 Å². The number of aliphatic hydroxyl groups is 1. The number of nitrogens with zero attached hydrogens (tertiary/aromatic N) is 1. The van der Waals surface area contributed by atoms with Crippen LogP contribution >= 0.6 is 11.6 Å². The molecule has 1 aromatic carbocycles. The number of carbonyl (C=O) groups excluding carboxylic acids is 1. The molecule has 2 rings (SSSR count). The highest BCUT2D eigenvalue weighted by molar-refractivity contribution is 6.30. The monoisotopic (exact) mass is 277 g/mol. The van der Waals surface area contributed by atoms with Gasteiger partial charge in [-0.2, -0.15) is 0 Å². The molecule has 1 aromatic heterocycles. The molecule has 3 N–H and O–H groups in total. The number of benzene rings is 1. The SMILES string of the molecule is O=C(Nc1ccc(Cl)cc1)Nc1ncccc1CO. The zero-order chi connectivity index (χ0) is 13.7. The Labute approximate surface area is 115 Å². The highest BCUT2D eigenvalue weighted by atomic mass is 35.5. The molecule has 0 spiro atoms. The number of halogens is 1. The molecule has 0 aliphatic rings. The van der Waals surface area contributed by atoms with Gasteiger partial charge in [-0.25, -0.2) is 9.78 Å². The third kappa shape index (κ3) is 3.67. The lowest BCUT2D eigenvalue weighted by molar-refractivity contribution is 0.261. The average Bonchev–Trinajstić information content (AvgIpc) is 2.42. The van der Waals surface area contributed by atoms with Crippen LogP contribution < -0.4 is 10.6 Å². The lowest BCUT2D eigenvalue weighted by atomic mass is 10.3. The van der Waals surface area contributed by atoms with Crippen LogP contribution in [0.25, 0.3) is 0 Å². The lowest BCUT2D eigenvalue weighted by Crippen LogP contribution is -2.21. The minimum absolute atomic E-state index is 0.190. The van der Waals surface area contributed by atoms with Gasteiger partial charge in [0.05, 0.1) is 6.61 Å². The summed E-state index contributed by atoms with van der Waals surface area (Å²) in [4.78, 5) is 15.8. The van der Waals surface area contributed by atoms with E-state index in [-0.39, 0.29) is 6.61 Å². The maximum absolute atomic E-state index is 11.8. The normalized spacial score (nSPS) is 10.0. The summed E-state index contributed by atoms with van der Waals surface area (Å²) >= 11 is 5.75. The zero-order valence-electron chi connectivity index (χ0n) is 9.93. The molecule has 0 unspecified atom stereocenters. The Bertz CT molecular complexity index is 572. The molecule has 6 heteroatoms. The molecular formula is C13H12ClN3O2. The molecule has 98 valence electrons. The first-order chi connectivity index (χ1) is 9.19. The second kappa shape index (κ2) is 6.17. The van der Waals surface area contributed by atoms with Gasteiger partial charge in [0.1, 0.15) is 5.82 Å². The first kappa shape index (κ1) is 13.3. The number of hydrogen-bond acceptors (Lipinski definition) is 3. The topological polar surface area (TPSA) is 74.2 Å². The Morgan fingerprint density at radius 3 is 2.63 bits per heavy atom. The molecule has 0 atom stereocenters. The van der Waals surface area contributed by atoms with E-state index in [1.54, 1.807) is 36.4 Å². The Kier molecular flexibility index (Phi) is 4.33. The number of aromatic nitrogens is 1. The third-order valence-corrected chi connectivity index (χ3v) is 2.65. The number of amides is 2. The van der Waals surface area contributed by atoms with Crippen molar-refractivity contribution >= 4 is 29.1 Å². The van der Waals surface area contributed by atoms with E-state index >= 15 is 0 Å². The maximum atomic E-state index is 11.8. The molecule has 0 bridgehead atoms. The van der Waals surface area contributed by atoms with Gasteiger partial charge in [-0.1, -0.05) is 17.7 Å². The quantitative estimate of drug-likeness (QED) is 0.807. The second-order valence-electron chi connectivity index (χ2n) is 3.76. The van der Waals surface area contributed by atoms with E-state index in [1.165, 1.54) is 6.20 Å². The minimum Gasteiger partial charge on any atom is -0.392 e. The highest BCUT2D eigenvalue weighted by Gasteiger charge is 2.07. The van der Waals surface area contributed by atoms with Crippen molar-refractivity contribution in [2.24, 2.45) is 0 Å². The van der Waals surface area contributed by atoms with Crippen LogP contribution in [0.2, 0.25) is 5.02 Å². The van der Waals surface area contributed by atoms with Gasteiger partial charge in [0.15, 0.2) is 0 Å². The summed E-state index contributed by atoms with van der Waals surface area (Å²) in [5, 5.41) is 14.9. The summed E-state index contributed by atoms with van der Waals surface area (Å²) in [6.45, 7) is -0.190. The van der Waals surface area contributed by atoms with E-state index < -0.39 is 6.03 Å². The van der Waals surface area contributed by atoms with Crippen LogP contribution in [0, 0.1) is 0 Å². The van der Waals surface area contributed by atoms with E-state index in [1.807, 2.05) is 0 Å². The van der Waals surface area contributed by atoms with Crippen LogP contribution in [0.15, 0.2) is 42.6 Å². The Morgan fingerprint density at radius 2 is 1.95 bits per heavy atom. The predicted molar refractivity (Wildman–Crippen MR) is 74.3 cm³/mol. The maximum Gasteiger partial charge on any atom is 0.324 e. The minimum atomic E-state index is -0.435. The fourth-order valence-corrected chi connectivity index (χ4v) is 1.61. The van der Waals surface area contributed by atoms with Crippen LogP contribution in [0.3, 0.4) is 0 Å². The molecular weight excluding hydrogens is 266 g/mol. The van der Waals surface area contributed by atoms with Crippen LogP contribution in [0.5, 0.6) is 0 Å². The van der Waals surface area contributed by atoms with E-state index in [0.29, 0.717) is 22.1 Å². The molecule has 5 nitrogen and oxygen atoms in total. The van der Waals surface area contributed by atoms with Crippen molar-refractivity contribution in [3.63, 3.8) is 0 Å². The number of pyridine rings is 1. The van der Waals surface area contributed by atoms with Gasteiger partial charge in [0.25, 0.3) is 0 Å². The van der Waals surface area contributed by atoms with E-state index in [4.69, 9.17) is 16.7 Å². The van der Waals surface area contributed by atoms with E-state index in [9.17, 15) is 4.79 Å². The Morgan fingerprint density at radius 1 is 1.21 bits per heavy atom. The summed E-state index contributed by atoms with van der Waals surface area (Å²) in [7, 11) is 0. The first-order valence-electron chi connectivity index (χ1n) is 5.57. The van der Waals surface area contributed by atoms with Gasteiger partial charge in [0, 0.05) is 22.5 Å². The second-order valence-corrected chi connectivity index (χ2v) is 4.19. The van der Waals surface area contributed by atoms with Crippen molar-refractivity contribution in [3.05, 3.63) is 53.2 Å². The summed E-state index contributed by atoms with van der Waals surface area (Å²) in [6, 6.07) is 9.67. The number of urea groups is 1. The van der Waals surface area contributed by atoms with E-state index in [0.717, 1.165) is 0 Å². The van der Waals surface area contributed by atoms with Gasteiger partial charge >= 0.3 is 6.03 Å². The largest absolute Gasteiger partial charge is 0.392 e. The summed E-state index contributed by atoms with van der Waals surface area (Å²) in [6.07, 6.45) is 1.54. The Hall–Kier alpha value is -2.11. The third-order valence-electron chi connectivity index (χ3n) is 2.40.